The molecule has 1 aliphatic rings. The first-order chi connectivity index (χ1) is 4.93. The highest BCUT2D eigenvalue weighted by atomic mass is 16.5. The van der Waals surface area contributed by atoms with Crippen LogP contribution in [0.1, 0.15) is 26.2 Å². The molecule has 0 fully saturated rings. The molecular weight excluding hydrogens is 126 g/mol. The van der Waals surface area contributed by atoms with Gasteiger partial charge in [0.2, 0.25) is 0 Å². The minimum atomic E-state index is 0.253. The molecule has 0 aromatic rings. The standard InChI is InChI=1S/C8H15NO/c1-2-10-8-6-4-3-5-7-9-8/h5,7-9H,2-4,6H2,1H3. The molecule has 0 spiro atoms. The topological polar surface area (TPSA) is 21.3 Å². The molecule has 1 N–H and O–H groups in total. The van der Waals surface area contributed by atoms with Crippen molar-refractivity contribution in [3.05, 3.63) is 12.3 Å². The highest BCUT2D eigenvalue weighted by Crippen LogP contribution is 2.06. The van der Waals surface area contributed by atoms with Gasteiger partial charge in [0, 0.05) is 6.61 Å². The summed E-state index contributed by atoms with van der Waals surface area (Å²) in [5.41, 5.74) is 0. The fraction of sp³-hybridized carbons (Fsp3) is 0.750. The van der Waals surface area contributed by atoms with E-state index in [0.717, 1.165) is 13.0 Å². The van der Waals surface area contributed by atoms with Crippen molar-refractivity contribution in [1.29, 1.82) is 0 Å². The summed E-state index contributed by atoms with van der Waals surface area (Å²) in [4.78, 5) is 0. The largest absolute Gasteiger partial charge is 0.367 e. The third-order valence-electron chi connectivity index (χ3n) is 1.60. The van der Waals surface area contributed by atoms with Gasteiger partial charge in [0.1, 0.15) is 6.23 Å². The molecule has 0 aromatic carbocycles. The summed E-state index contributed by atoms with van der Waals surface area (Å²) in [6.45, 7) is 2.82. The Morgan fingerprint density at radius 1 is 1.70 bits per heavy atom. The van der Waals surface area contributed by atoms with Gasteiger partial charge in [-0.1, -0.05) is 6.08 Å². The Kier molecular flexibility index (Phi) is 3.30. The van der Waals surface area contributed by atoms with Gasteiger partial charge in [-0.25, -0.2) is 0 Å². The minimum Gasteiger partial charge on any atom is -0.367 e. The Hall–Kier alpha value is -0.500. The monoisotopic (exact) mass is 141 g/mol. The van der Waals surface area contributed by atoms with Crippen LogP contribution in [0, 0.1) is 0 Å². The number of hydrogen-bond acceptors (Lipinski definition) is 2. The van der Waals surface area contributed by atoms with Gasteiger partial charge in [-0.2, -0.15) is 0 Å². The van der Waals surface area contributed by atoms with Crippen LogP contribution in [-0.4, -0.2) is 12.8 Å². The maximum Gasteiger partial charge on any atom is 0.127 e. The van der Waals surface area contributed by atoms with E-state index in [-0.39, 0.29) is 6.23 Å². The van der Waals surface area contributed by atoms with Crippen molar-refractivity contribution in [2.45, 2.75) is 32.4 Å². The molecule has 58 valence electrons. The molecule has 1 rings (SSSR count). The Labute approximate surface area is 62.3 Å². The first-order valence-electron chi connectivity index (χ1n) is 3.96. The molecule has 0 radical (unpaired) electrons. The zero-order valence-electron chi connectivity index (χ0n) is 6.47. The molecule has 10 heavy (non-hydrogen) atoms. The van der Waals surface area contributed by atoms with Crippen molar-refractivity contribution < 1.29 is 4.74 Å². The normalized spacial score (nSPS) is 25.5. The van der Waals surface area contributed by atoms with Crippen LogP contribution in [-0.2, 0) is 4.74 Å². The lowest BCUT2D eigenvalue weighted by Gasteiger charge is -2.14. The summed E-state index contributed by atoms with van der Waals surface area (Å²) >= 11 is 0. The van der Waals surface area contributed by atoms with Crippen molar-refractivity contribution in [2.75, 3.05) is 6.61 Å². The van der Waals surface area contributed by atoms with E-state index in [2.05, 4.69) is 11.4 Å². The van der Waals surface area contributed by atoms with E-state index in [1.54, 1.807) is 0 Å². The van der Waals surface area contributed by atoms with Gasteiger partial charge in [0.15, 0.2) is 0 Å². The van der Waals surface area contributed by atoms with Crippen molar-refractivity contribution >= 4 is 0 Å². The second kappa shape index (κ2) is 4.34. The molecule has 0 aliphatic carbocycles. The minimum absolute atomic E-state index is 0.253. The van der Waals surface area contributed by atoms with Crippen LogP contribution in [0.2, 0.25) is 0 Å². The lowest BCUT2D eigenvalue weighted by Crippen LogP contribution is -2.26. The number of allylic oxidation sites excluding steroid dienone is 1. The highest BCUT2D eigenvalue weighted by molar-refractivity contribution is 4.84. The van der Waals surface area contributed by atoms with Crippen LogP contribution in [0.15, 0.2) is 12.3 Å². The summed E-state index contributed by atoms with van der Waals surface area (Å²) < 4.78 is 5.40. The zero-order valence-corrected chi connectivity index (χ0v) is 6.47. The van der Waals surface area contributed by atoms with E-state index in [0.29, 0.717) is 0 Å². The number of ether oxygens (including phenoxy) is 1. The van der Waals surface area contributed by atoms with E-state index in [1.807, 2.05) is 13.1 Å². The van der Waals surface area contributed by atoms with E-state index in [9.17, 15) is 0 Å². The number of rotatable bonds is 2. The van der Waals surface area contributed by atoms with Crippen molar-refractivity contribution in [3.8, 4) is 0 Å². The predicted octanol–water partition coefficient (Wildman–Crippen LogP) is 1.64. The van der Waals surface area contributed by atoms with Gasteiger partial charge < -0.3 is 10.1 Å². The second-order valence-corrected chi connectivity index (χ2v) is 2.44. The predicted molar refractivity (Wildman–Crippen MR) is 41.5 cm³/mol. The van der Waals surface area contributed by atoms with E-state index >= 15 is 0 Å². The zero-order chi connectivity index (χ0) is 7.23. The third kappa shape index (κ3) is 2.40. The summed E-state index contributed by atoms with van der Waals surface area (Å²) in [6, 6.07) is 0. The van der Waals surface area contributed by atoms with Gasteiger partial charge in [0.05, 0.1) is 0 Å². The van der Waals surface area contributed by atoms with Gasteiger partial charge in [0.25, 0.3) is 0 Å². The smallest absolute Gasteiger partial charge is 0.127 e. The van der Waals surface area contributed by atoms with Crippen molar-refractivity contribution in [2.24, 2.45) is 0 Å². The Balaban J connectivity index is 2.23. The molecule has 0 aromatic heterocycles. The highest BCUT2D eigenvalue weighted by Gasteiger charge is 2.05. The maximum absolute atomic E-state index is 5.40. The fourth-order valence-electron chi connectivity index (χ4n) is 1.10. The van der Waals surface area contributed by atoms with E-state index in [4.69, 9.17) is 4.74 Å². The molecule has 2 heteroatoms. The van der Waals surface area contributed by atoms with Crippen LogP contribution in [0.4, 0.5) is 0 Å². The maximum atomic E-state index is 5.40. The van der Waals surface area contributed by atoms with Crippen LogP contribution < -0.4 is 5.32 Å². The van der Waals surface area contributed by atoms with E-state index < -0.39 is 0 Å². The molecule has 1 atom stereocenters. The van der Waals surface area contributed by atoms with Crippen LogP contribution in [0.25, 0.3) is 0 Å². The molecule has 1 aliphatic heterocycles. The third-order valence-corrected chi connectivity index (χ3v) is 1.60. The number of nitrogens with one attached hydrogen (secondary N) is 1. The van der Waals surface area contributed by atoms with Gasteiger partial charge in [-0.05, 0) is 32.4 Å². The van der Waals surface area contributed by atoms with Gasteiger partial charge in [-0.15, -0.1) is 0 Å². The van der Waals surface area contributed by atoms with Crippen LogP contribution in [0.5, 0.6) is 0 Å². The summed E-state index contributed by atoms with van der Waals surface area (Å²) in [7, 11) is 0. The molecule has 0 saturated heterocycles. The molecule has 2 nitrogen and oxygen atoms in total. The summed E-state index contributed by atoms with van der Waals surface area (Å²) in [5, 5.41) is 3.18. The SMILES string of the molecule is CCOC1CCCC=CN1. The van der Waals surface area contributed by atoms with Gasteiger partial charge in [-0.3, -0.25) is 0 Å². The molecule has 1 heterocycles. The average molecular weight is 141 g/mol. The fourth-order valence-corrected chi connectivity index (χ4v) is 1.10. The van der Waals surface area contributed by atoms with Crippen LogP contribution >= 0.6 is 0 Å². The first-order valence-corrected chi connectivity index (χ1v) is 3.96. The van der Waals surface area contributed by atoms with E-state index in [1.165, 1.54) is 12.8 Å². The quantitative estimate of drug-likeness (QED) is 0.631. The molecule has 1 unspecified atom stereocenters. The van der Waals surface area contributed by atoms with Gasteiger partial charge >= 0.3 is 0 Å². The first kappa shape index (κ1) is 7.61. The summed E-state index contributed by atoms with van der Waals surface area (Å²) in [6.07, 6.45) is 7.93. The molecule has 0 amide bonds. The second-order valence-electron chi connectivity index (χ2n) is 2.44. The summed E-state index contributed by atoms with van der Waals surface area (Å²) in [5.74, 6) is 0. The lowest BCUT2D eigenvalue weighted by molar-refractivity contribution is 0.0425. The van der Waals surface area contributed by atoms with Crippen LogP contribution in [0.3, 0.4) is 0 Å². The van der Waals surface area contributed by atoms with Crippen molar-refractivity contribution in [3.63, 3.8) is 0 Å². The Morgan fingerprint density at radius 3 is 3.40 bits per heavy atom. The molecule has 0 bridgehead atoms. The Bertz CT molecular complexity index is 112. The Morgan fingerprint density at radius 2 is 2.60 bits per heavy atom. The molecular formula is C8H15NO. The average Bonchev–Trinajstić information content (AvgIpc) is 2.17. The number of hydrogen-bond donors (Lipinski definition) is 1. The lowest BCUT2D eigenvalue weighted by atomic mass is 10.2. The molecule has 0 saturated carbocycles. The van der Waals surface area contributed by atoms with Crippen molar-refractivity contribution in [1.82, 2.24) is 5.32 Å².